The van der Waals surface area contributed by atoms with Crippen LogP contribution in [0.2, 0.25) is 0 Å². The quantitative estimate of drug-likeness (QED) is 0.686. The lowest BCUT2D eigenvalue weighted by molar-refractivity contribution is -0.115. The van der Waals surface area contributed by atoms with Crippen molar-refractivity contribution < 1.29 is 14.1 Å². The Morgan fingerprint density at radius 3 is 2.68 bits per heavy atom. The molecule has 1 N–H and O–H groups in total. The summed E-state index contributed by atoms with van der Waals surface area (Å²) < 4.78 is 4.89. The summed E-state index contributed by atoms with van der Waals surface area (Å²) >= 11 is 0. The molecule has 1 aromatic carbocycles. The number of amides is 2. The van der Waals surface area contributed by atoms with E-state index >= 15 is 0 Å². The Bertz CT molecular complexity index is 934. The lowest BCUT2D eigenvalue weighted by Crippen LogP contribution is -2.33. The summed E-state index contributed by atoms with van der Waals surface area (Å²) in [6.07, 6.45) is 0. The molecule has 0 aliphatic carbocycles. The zero-order valence-electron chi connectivity index (χ0n) is 14.0. The molecule has 7 nitrogen and oxygen atoms in total. The number of nitrogens with one attached hydrogen (secondary N) is 1. The van der Waals surface area contributed by atoms with Crippen molar-refractivity contribution in [2.24, 2.45) is 0 Å². The van der Waals surface area contributed by atoms with Gasteiger partial charge < -0.3 is 14.7 Å². The first-order chi connectivity index (χ1) is 11.9. The first-order valence-corrected chi connectivity index (χ1v) is 7.76. The zero-order valence-corrected chi connectivity index (χ0v) is 14.0. The van der Waals surface area contributed by atoms with Gasteiger partial charge in [0.15, 0.2) is 5.82 Å². The first-order valence-electron chi connectivity index (χ1n) is 7.76. The van der Waals surface area contributed by atoms with Gasteiger partial charge in [-0.3, -0.25) is 9.59 Å². The van der Waals surface area contributed by atoms with Crippen LogP contribution in [0, 0.1) is 18.3 Å². The van der Waals surface area contributed by atoms with Crippen LogP contribution in [0.4, 0.5) is 11.5 Å². The molecule has 0 bridgehead atoms. The number of carbonyl (C=O) groups is 2. The summed E-state index contributed by atoms with van der Waals surface area (Å²) in [4.78, 5) is 27.0. The second-order valence-corrected chi connectivity index (χ2v) is 5.92. The number of carbonyl (C=O) groups excluding carboxylic acids is 2. The van der Waals surface area contributed by atoms with Crippen LogP contribution >= 0.6 is 0 Å². The summed E-state index contributed by atoms with van der Waals surface area (Å²) in [5.74, 6) is -0.344. The van der Waals surface area contributed by atoms with Crippen molar-refractivity contribution in [3.8, 4) is 6.07 Å². The van der Waals surface area contributed by atoms with Crippen LogP contribution in [-0.4, -0.2) is 23.0 Å². The van der Waals surface area contributed by atoms with Crippen LogP contribution in [-0.2, 0) is 9.59 Å². The molecule has 25 heavy (non-hydrogen) atoms. The van der Waals surface area contributed by atoms with Gasteiger partial charge in [0.1, 0.15) is 17.4 Å². The van der Waals surface area contributed by atoms with E-state index in [2.05, 4.69) is 10.5 Å². The SMILES string of the molecule is Cc1cc(NC(=O)C(C#N)=C2C(=O)N(C(C)C)c3ccccc32)no1. The maximum atomic E-state index is 12.9. The van der Waals surface area contributed by atoms with Crippen LogP contribution in [0.15, 0.2) is 40.4 Å². The highest BCUT2D eigenvalue weighted by Crippen LogP contribution is 2.39. The number of benzene rings is 1. The summed E-state index contributed by atoms with van der Waals surface area (Å²) in [6.45, 7) is 5.44. The van der Waals surface area contributed by atoms with Crippen molar-refractivity contribution in [3.63, 3.8) is 0 Å². The minimum atomic E-state index is -0.695. The van der Waals surface area contributed by atoms with E-state index in [1.165, 1.54) is 6.07 Å². The van der Waals surface area contributed by atoms with Gasteiger partial charge in [-0.15, -0.1) is 0 Å². The Labute approximate surface area is 144 Å². The number of rotatable bonds is 3. The Kier molecular flexibility index (Phi) is 4.11. The fraction of sp³-hybridized carbons (Fsp3) is 0.222. The van der Waals surface area contributed by atoms with Crippen molar-refractivity contribution in [2.45, 2.75) is 26.8 Å². The number of hydrogen-bond acceptors (Lipinski definition) is 5. The lowest BCUT2D eigenvalue weighted by atomic mass is 10.0. The number of nitriles is 1. The molecule has 0 saturated heterocycles. The predicted molar refractivity (Wildman–Crippen MR) is 91.5 cm³/mol. The van der Waals surface area contributed by atoms with Gasteiger partial charge in [0.25, 0.3) is 11.8 Å². The van der Waals surface area contributed by atoms with Crippen molar-refractivity contribution in [1.29, 1.82) is 5.26 Å². The fourth-order valence-corrected chi connectivity index (χ4v) is 2.82. The first kappa shape index (κ1) is 16.5. The van der Waals surface area contributed by atoms with Crippen LogP contribution in [0.3, 0.4) is 0 Å². The molecule has 2 aromatic rings. The Morgan fingerprint density at radius 2 is 2.08 bits per heavy atom. The van der Waals surface area contributed by atoms with Crippen molar-refractivity contribution in [1.82, 2.24) is 5.16 Å². The van der Waals surface area contributed by atoms with E-state index < -0.39 is 5.91 Å². The smallest absolute Gasteiger partial charge is 0.268 e. The summed E-state index contributed by atoms with van der Waals surface area (Å²) in [5, 5.41) is 15.7. The third-order valence-corrected chi connectivity index (χ3v) is 3.84. The fourth-order valence-electron chi connectivity index (χ4n) is 2.82. The zero-order chi connectivity index (χ0) is 18.1. The molecule has 1 aromatic heterocycles. The van der Waals surface area contributed by atoms with E-state index in [-0.39, 0.29) is 28.9 Å². The molecule has 2 heterocycles. The molecular formula is C18H16N4O3. The van der Waals surface area contributed by atoms with Crippen LogP contribution < -0.4 is 10.2 Å². The van der Waals surface area contributed by atoms with Gasteiger partial charge >= 0.3 is 0 Å². The van der Waals surface area contributed by atoms with E-state index in [4.69, 9.17) is 4.52 Å². The van der Waals surface area contributed by atoms with Gasteiger partial charge in [-0.2, -0.15) is 5.26 Å². The van der Waals surface area contributed by atoms with Gasteiger partial charge in [0.2, 0.25) is 0 Å². The molecule has 1 aliphatic heterocycles. The van der Waals surface area contributed by atoms with Crippen molar-refractivity contribution in [3.05, 3.63) is 47.2 Å². The highest BCUT2D eigenvalue weighted by atomic mass is 16.5. The standard InChI is InChI=1S/C18H16N4O3/c1-10(2)22-14-7-5-4-6-12(14)16(18(22)24)13(9-19)17(23)20-15-8-11(3)25-21-15/h4-8,10H,1-3H3,(H,20,21,23). The molecule has 7 heteroatoms. The normalized spacial score (nSPS) is 15.2. The second-order valence-electron chi connectivity index (χ2n) is 5.92. The van der Waals surface area contributed by atoms with E-state index in [1.54, 1.807) is 30.0 Å². The predicted octanol–water partition coefficient (Wildman–Crippen LogP) is 2.65. The number of fused-ring (bicyclic) bond motifs is 1. The van der Waals surface area contributed by atoms with Gasteiger partial charge in [-0.05, 0) is 26.8 Å². The highest BCUT2D eigenvalue weighted by molar-refractivity contribution is 6.37. The molecule has 0 fully saturated rings. The van der Waals surface area contributed by atoms with E-state index in [9.17, 15) is 14.9 Å². The minimum Gasteiger partial charge on any atom is -0.360 e. The minimum absolute atomic E-state index is 0.101. The number of anilines is 2. The topological polar surface area (TPSA) is 99.2 Å². The summed E-state index contributed by atoms with van der Waals surface area (Å²) in [7, 11) is 0. The number of aryl methyl sites for hydroxylation is 1. The maximum Gasteiger partial charge on any atom is 0.268 e. The van der Waals surface area contributed by atoms with E-state index in [1.807, 2.05) is 26.0 Å². The molecule has 1 aliphatic rings. The monoisotopic (exact) mass is 336 g/mol. The molecule has 2 amide bonds. The van der Waals surface area contributed by atoms with Gasteiger partial charge in [-0.25, -0.2) is 0 Å². The number of nitrogens with zero attached hydrogens (tertiary/aromatic N) is 3. The average Bonchev–Trinajstić information content (AvgIpc) is 3.09. The third kappa shape index (κ3) is 2.78. The highest BCUT2D eigenvalue weighted by Gasteiger charge is 2.37. The Hall–Kier alpha value is -3.40. The van der Waals surface area contributed by atoms with Crippen LogP contribution in [0.5, 0.6) is 0 Å². The van der Waals surface area contributed by atoms with Gasteiger partial charge in [0, 0.05) is 17.7 Å². The molecule has 126 valence electrons. The molecule has 0 unspecified atom stereocenters. The molecule has 0 atom stereocenters. The molecule has 0 radical (unpaired) electrons. The number of para-hydroxylation sites is 1. The third-order valence-electron chi connectivity index (χ3n) is 3.84. The van der Waals surface area contributed by atoms with Gasteiger partial charge in [-0.1, -0.05) is 23.4 Å². The average molecular weight is 336 g/mol. The maximum absolute atomic E-state index is 12.9. The Morgan fingerprint density at radius 1 is 1.36 bits per heavy atom. The second kappa shape index (κ2) is 6.24. The number of aromatic nitrogens is 1. The molecule has 0 spiro atoms. The van der Waals surface area contributed by atoms with Crippen molar-refractivity contribution >= 4 is 28.9 Å². The van der Waals surface area contributed by atoms with Gasteiger partial charge in [0.05, 0.1) is 11.3 Å². The molecule has 0 saturated carbocycles. The summed E-state index contributed by atoms with van der Waals surface area (Å²) in [5.41, 5.74) is 1.12. The van der Waals surface area contributed by atoms with Crippen molar-refractivity contribution in [2.75, 3.05) is 10.2 Å². The molecule has 3 rings (SSSR count). The lowest BCUT2D eigenvalue weighted by Gasteiger charge is -2.21. The van der Waals surface area contributed by atoms with Crippen LogP contribution in [0.25, 0.3) is 5.57 Å². The number of hydrogen-bond donors (Lipinski definition) is 1. The summed E-state index contributed by atoms with van der Waals surface area (Å²) in [6, 6.07) is 10.4. The molecular weight excluding hydrogens is 320 g/mol. The largest absolute Gasteiger partial charge is 0.360 e. The van der Waals surface area contributed by atoms with Crippen LogP contribution in [0.1, 0.15) is 25.2 Å². The Balaban J connectivity index is 2.08. The van der Waals surface area contributed by atoms with E-state index in [0.717, 1.165) is 0 Å². The van der Waals surface area contributed by atoms with E-state index in [0.29, 0.717) is 17.0 Å².